The van der Waals surface area contributed by atoms with Crippen molar-refractivity contribution in [3.63, 3.8) is 0 Å². The van der Waals surface area contributed by atoms with Crippen LogP contribution in [0.3, 0.4) is 0 Å². The molecule has 0 aromatic carbocycles. The molecule has 0 atom stereocenters. The summed E-state index contributed by atoms with van der Waals surface area (Å²) in [5.74, 6) is 0. The monoisotopic (exact) mass is 137 g/mol. The number of hydrogen-bond acceptors (Lipinski definition) is 2. The van der Waals surface area contributed by atoms with Gasteiger partial charge in [0.2, 0.25) is 0 Å². The average Bonchev–Trinajstić information content (AvgIpc) is 1.86. The molecule has 0 spiro atoms. The lowest BCUT2D eigenvalue weighted by Crippen LogP contribution is -2.13. The van der Waals surface area contributed by atoms with Gasteiger partial charge < -0.3 is 0 Å². The lowest BCUT2D eigenvalue weighted by Gasteiger charge is -2.15. The summed E-state index contributed by atoms with van der Waals surface area (Å²) >= 11 is 0. The Balaban J connectivity index is 3.14. The van der Waals surface area contributed by atoms with E-state index in [4.69, 9.17) is 1.37 Å². The zero-order valence-corrected chi connectivity index (χ0v) is 6.55. The molecule has 0 radical (unpaired) electrons. The van der Waals surface area contributed by atoms with Gasteiger partial charge in [-0.05, 0) is 0 Å². The zero-order chi connectivity index (χ0) is 8.48. The smallest absolute Gasteiger partial charge is 0.0860 e. The second-order valence-corrected chi connectivity index (χ2v) is 3.27. The van der Waals surface area contributed by atoms with Gasteiger partial charge in [0, 0.05) is 24.0 Å². The van der Waals surface area contributed by atoms with Gasteiger partial charge in [-0.15, -0.1) is 0 Å². The lowest BCUT2D eigenvalue weighted by molar-refractivity contribution is 0.565. The van der Waals surface area contributed by atoms with Crippen LogP contribution in [0.5, 0.6) is 0 Å². The van der Waals surface area contributed by atoms with E-state index in [-0.39, 0.29) is 11.6 Å². The fourth-order valence-electron chi connectivity index (χ4n) is 0.630. The molecule has 2 heteroatoms. The van der Waals surface area contributed by atoms with Crippen molar-refractivity contribution in [3.05, 3.63) is 24.3 Å². The van der Waals surface area contributed by atoms with E-state index in [1.165, 1.54) is 6.20 Å². The van der Waals surface area contributed by atoms with E-state index in [9.17, 15) is 0 Å². The van der Waals surface area contributed by atoms with Crippen LogP contribution in [-0.4, -0.2) is 9.97 Å². The highest BCUT2D eigenvalue weighted by Gasteiger charge is 2.13. The van der Waals surface area contributed by atoms with Gasteiger partial charge in [-0.3, -0.25) is 9.97 Å². The molecule has 0 bridgehead atoms. The van der Waals surface area contributed by atoms with Crippen LogP contribution in [0.15, 0.2) is 18.6 Å². The van der Waals surface area contributed by atoms with Crippen molar-refractivity contribution >= 4 is 0 Å². The van der Waals surface area contributed by atoms with E-state index in [2.05, 4.69) is 9.97 Å². The van der Waals surface area contributed by atoms with Gasteiger partial charge >= 0.3 is 0 Å². The predicted octanol–water partition coefficient (Wildman–Crippen LogP) is 1.77. The summed E-state index contributed by atoms with van der Waals surface area (Å²) in [5, 5.41) is 0. The van der Waals surface area contributed by atoms with Crippen molar-refractivity contribution < 1.29 is 1.37 Å². The summed E-state index contributed by atoms with van der Waals surface area (Å²) in [5.41, 5.74) is 0.672. The molecule has 1 aromatic rings. The summed E-state index contributed by atoms with van der Waals surface area (Å²) < 4.78 is 7.45. The topological polar surface area (TPSA) is 25.8 Å². The first-order chi connectivity index (χ1) is 5.02. The van der Waals surface area contributed by atoms with Gasteiger partial charge in [-0.1, -0.05) is 20.8 Å². The third-order valence-corrected chi connectivity index (χ3v) is 1.23. The van der Waals surface area contributed by atoms with Crippen LogP contribution in [-0.2, 0) is 5.41 Å². The SMILES string of the molecule is [2H]c1nccnc1C(C)(C)C. The van der Waals surface area contributed by atoms with Crippen molar-refractivity contribution in [2.45, 2.75) is 26.2 Å². The first-order valence-electron chi connectivity index (χ1n) is 3.80. The van der Waals surface area contributed by atoms with Crippen molar-refractivity contribution in [1.82, 2.24) is 9.97 Å². The molecule has 0 amide bonds. The molecule has 0 fully saturated rings. The Morgan fingerprint density at radius 3 is 2.50 bits per heavy atom. The van der Waals surface area contributed by atoms with Crippen molar-refractivity contribution in [3.8, 4) is 0 Å². The number of hydrogen-bond donors (Lipinski definition) is 0. The van der Waals surface area contributed by atoms with Crippen LogP contribution >= 0.6 is 0 Å². The third kappa shape index (κ3) is 1.53. The average molecular weight is 137 g/mol. The minimum Gasteiger partial charge on any atom is -0.261 e. The molecule has 54 valence electrons. The fraction of sp³-hybridized carbons (Fsp3) is 0.500. The van der Waals surface area contributed by atoms with E-state index in [0.717, 1.165) is 5.69 Å². The molecule has 0 N–H and O–H groups in total. The molecule has 1 aromatic heterocycles. The van der Waals surface area contributed by atoms with Crippen molar-refractivity contribution in [1.29, 1.82) is 0 Å². The molecule has 0 aliphatic rings. The van der Waals surface area contributed by atoms with Gasteiger partial charge in [0.05, 0.1) is 7.06 Å². The number of aromatic nitrogens is 2. The Morgan fingerprint density at radius 2 is 2.10 bits per heavy atom. The molecule has 1 heterocycles. The summed E-state index contributed by atoms with van der Waals surface area (Å²) in [4.78, 5) is 7.95. The minimum absolute atomic E-state index is 0.0780. The highest BCUT2D eigenvalue weighted by molar-refractivity contribution is 5.06. The van der Waals surface area contributed by atoms with Crippen LogP contribution in [0.1, 0.15) is 27.8 Å². The van der Waals surface area contributed by atoms with Gasteiger partial charge in [-0.25, -0.2) is 0 Å². The van der Waals surface area contributed by atoms with E-state index in [1.54, 1.807) is 6.20 Å². The molecular weight excluding hydrogens is 124 g/mol. The molecule has 1 rings (SSSR count). The van der Waals surface area contributed by atoms with E-state index >= 15 is 0 Å². The Bertz CT molecular complexity index is 253. The summed E-state index contributed by atoms with van der Waals surface area (Å²) in [6, 6.07) is 0. The predicted molar refractivity (Wildman–Crippen MR) is 40.7 cm³/mol. The van der Waals surface area contributed by atoms with Crippen LogP contribution < -0.4 is 0 Å². The third-order valence-electron chi connectivity index (χ3n) is 1.23. The maximum absolute atomic E-state index is 7.45. The molecule has 0 unspecified atom stereocenters. The molecule has 10 heavy (non-hydrogen) atoms. The first kappa shape index (κ1) is 5.83. The molecular formula is C8H12N2. The van der Waals surface area contributed by atoms with Gasteiger partial charge in [0.25, 0.3) is 0 Å². The van der Waals surface area contributed by atoms with E-state index in [0.29, 0.717) is 0 Å². The van der Waals surface area contributed by atoms with Gasteiger partial charge in [-0.2, -0.15) is 0 Å². The largest absolute Gasteiger partial charge is 0.261 e. The Hall–Kier alpha value is -0.920. The highest BCUT2D eigenvalue weighted by atomic mass is 14.8. The molecule has 0 aliphatic heterocycles. The van der Waals surface area contributed by atoms with Gasteiger partial charge in [0.15, 0.2) is 0 Å². The van der Waals surface area contributed by atoms with Crippen LogP contribution in [0.2, 0.25) is 0 Å². The number of rotatable bonds is 0. The summed E-state index contributed by atoms with van der Waals surface area (Å²) in [6.45, 7) is 6.07. The molecule has 0 saturated carbocycles. The minimum atomic E-state index is -0.0780. The van der Waals surface area contributed by atoms with Crippen molar-refractivity contribution in [2.24, 2.45) is 0 Å². The lowest BCUT2D eigenvalue weighted by atomic mass is 9.93. The Labute approximate surface area is 62.7 Å². The maximum Gasteiger partial charge on any atom is 0.0860 e. The van der Waals surface area contributed by atoms with Crippen LogP contribution in [0, 0.1) is 0 Å². The fourth-order valence-corrected chi connectivity index (χ4v) is 0.630. The standard InChI is InChI=1S/C8H12N2/c1-8(2,3)7-6-9-4-5-10-7/h4-6H,1-3H3/i6D. The van der Waals surface area contributed by atoms with Crippen LogP contribution in [0.4, 0.5) is 0 Å². The molecule has 0 saturated heterocycles. The molecule has 2 nitrogen and oxygen atoms in total. The van der Waals surface area contributed by atoms with E-state index in [1.807, 2.05) is 20.8 Å². The zero-order valence-electron chi connectivity index (χ0n) is 7.55. The summed E-state index contributed by atoms with van der Waals surface area (Å²) in [6.07, 6.45) is 3.44. The Kier molecular flexibility index (Phi) is 1.38. The van der Waals surface area contributed by atoms with Gasteiger partial charge in [0.1, 0.15) is 0 Å². The molecule has 0 aliphatic carbocycles. The number of nitrogens with zero attached hydrogens (tertiary/aromatic N) is 2. The Morgan fingerprint density at radius 1 is 1.40 bits per heavy atom. The first-order valence-corrected chi connectivity index (χ1v) is 3.30. The second kappa shape index (κ2) is 2.37. The second-order valence-electron chi connectivity index (χ2n) is 3.27. The quantitative estimate of drug-likeness (QED) is 0.544. The maximum atomic E-state index is 7.45. The normalized spacial score (nSPS) is 12.9. The van der Waals surface area contributed by atoms with E-state index < -0.39 is 0 Å². The highest BCUT2D eigenvalue weighted by Crippen LogP contribution is 2.17. The van der Waals surface area contributed by atoms with Crippen molar-refractivity contribution in [2.75, 3.05) is 0 Å². The summed E-state index contributed by atoms with van der Waals surface area (Å²) in [7, 11) is 0. The van der Waals surface area contributed by atoms with Crippen LogP contribution in [0.25, 0.3) is 0 Å².